The summed E-state index contributed by atoms with van der Waals surface area (Å²) < 4.78 is 23.2. The molecule has 0 heterocycles. The van der Waals surface area contributed by atoms with E-state index in [1.807, 2.05) is 0 Å². The van der Waals surface area contributed by atoms with Crippen molar-refractivity contribution >= 4 is 5.91 Å². The van der Waals surface area contributed by atoms with Crippen molar-refractivity contribution in [3.05, 3.63) is 29.6 Å². The Morgan fingerprint density at radius 3 is 2.82 bits per heavy atom. The SMILES string of the molecule is COc1ccc(F)cc1COCC(=O)N(C)N. The minimum atomic E-state index is -0.383. The van der Waals surface area contributed by atoms with Crippen molar-refractivity contribution in [3.8, 4) is 5.75 Å². The molecule has 0 fully saturated rings. The number of likely N-dealkylation sites (N-methyl/N-ethyl adjacent to an activating group) is 1. The van der Waals surface area contributed by atoms with E-state index in [2.05, 4.69) is 0 Å². The van der Waals surface area contributed by atoms with Crippen molar-refractivity contribution < 1.29 is 18.7 Å². The summed E-state index contributed by atoms with van der Waals surface area (Å²) in [4.78, 5) is 11.1. The van der Waals surface area contributed by atoms with Gasteiger partial charge in [-0.1, -0.05) is 0 Å². The van der Waals surface area contributed by atoms with Crippen molar-refractivity contribution in [2.24, 2.45) is 5.84 Å². The Labute approximate surface area is 98.9 Å². The number of hydrogen-bond donors (Lipinski definition) is 1. The number of rotatable bonds is 5. The molecule has 0 saturated carbocycles. The van der Waals surface area contributed by atoms with Gasteiger partial charge in [0.25, 0.3) is 5.91 Å². The van der Waals surface area contributed by atoms with E-state index in [4.69, 9.17) is 15.3 Å². The normalized spacial score (nSPS) is 10.1. The summed E-state index contributed by atoms with van der Waals surface area (Å²) in [5.74, 6) is 4.99. The van der Waals surface area contributed by atoms with Gasteiger partial charge in [0, 0.05) is 12.6 Å². The first kappa shape index (κ1) is 13.4. The molecule has 0 unspecified atom stereocenters. The Kier molecular flexibility index (Phi) is 4.86. The highest BCUT2D eigenvalue weighted by molar-refractivity contribution is 5.76. The number of halogens is 1. The van der Waals surface area contributed by atoms with Crippen LogP contribution < -0.4 is 10.6 Å². The monoisotopic (exact) mass is 242 g/mol. The molecule has 1 rings (SSSR count). The first-order valence-electron chi connectivity index (χ1n) is 4.96. The van der Waals surface area contributed by atoms with Gasteiger partial charge in [-0.15, -0.1) is 0 Å². The fourth-order valence-electron chi connectivity index (χ4n) is 1.21. The van der Waals surface area contributed by atoms with Crippen LogP contribution in [0.25, 0.3) is 0 Å². The van der Waals surface area contributed by atoms with Crippen molar-refractivity contribution in [2.45, 2.75) is 6.61 Å². The zero-order valence-electron chi connectivity index (χ0n) is 9.77. The summed E-state index contributed by atoms with van der Waals surface area (Å²) in [6.45, 7) is -0.0762. The Morgan fingerprint density at radius 2 is 2.24 bits per heavy atom. The van der Waals surface area contributed by atoms with Gasteiger partial charge in [-0.25, -0.2) is 10.2 Å². The lowest BCUT2D eigenvalue weighted by atomic mass is 10.2. The maximum atomic E-state index is 13.0. The Bertz CT molecular complexity index is 396. The van der Waals surface area contributed by atoms with E-state index in [1.54, 1.807) is 0 Å². The molecule has 0 aliphatic rings. The van der Waals surface area contributed by atoms with E-state index >= 15 is 0 Å². The first-order chi connectivity index (χ1) is 8.04. The predicted molar refractivity (Wildman–Crippen MR) is 59.6 cm³/mol. The summed E-state index contributed by atoms with van der Waals surface area (Å²) in [5.41, 5.74) is 0.542. The minimum absolute atomic E-state index is 0.0838. The van der Waals surface area contributed by atoms with Crippen molar-refractivity contribution in [2.75, 3.05) is 20.8 Å². The molecule has 17 heavy (non-hydrogen) atoms. The molecule has 0 aliphatic carbocycles. The average molecular weight is 242 g/mol. The standard InChI is InChI=1S/C11H15FN2O3/c1-14(13)11(15)7-17-6-8-5-9(12)3-4-10(8)16-2/h3-5H,6-7,13H2,1-2H3. The highest BCUT2D eigenvalue weighted by atomic mass is 19.1. The van der Waals surface area contributed by atoms with Crippen molar-refractivity contribution in [1.29, 1.82) is 0 Å². The lowest BCUT2D eigenvalue weighted by molar-refractivity contribution is -0.135. The second-order valence-electron chi connectivity index (χ2n) is 3.45. The van der Waals surface area contributed by atoms with Crippen LogP contribution in [0.15, 0.2) is 18.2 Å². The molecular weight excluding hydrogens is 227 g/mol. The number of hydrazine groups is 1. The Morgan fingerprint density at radius 1 is 1.53 bits per heavy atom. The van der Waals surface area contributed by atoms with Crippen LogP contribution in [0, 0.1) is 5.82 Å². The number of ether oxygens (including phenoxy) is 2. The minimum Gasteiger partial charge on any atom is -0.496 e. The first-order valence-corrected chi connectivity index (χ1v) is 4.96. The third-order valence-electron chi connectivity index (χ3n) is 2.12. The van der Waals surface area contributed by atoms with Gasteiger partial charge in [-0.05, 0) is 18.2 Å². The number of methoxy groups -OCH3 is 1. The molecule has 1 amide bonds. The van der Waals surface area contributed by atoms with Crippen molar-refractivity contribution in [1.82, 2.24) is 5.01 Å². The highest BCUT2D eigenvalue weighted by Gasteiger charge is 2.08. The van der Waals surface area contributed by atoms with E-state index < -0.39 is 0 Å². The smallest absolute Gasteiger partial charge is 0.262 e. The molecule has 6 heteroatoms. The molecule has 0 bridgehead atoms. The van der Waals surface area contributed by atoms with Crippen LogP contribution in [-0.4, -0.2) is 31.7 Å². The lowest BCUT2D eigenvalue weighted by Gasteiger charge is -2.11. The molecule has 0 aliphatic heterocycles. The summed E-state index contributed by atoms with van der Waals surface area (Å²) in [6.07, 6.45) is 0. The molecule has 0 aromatic heterocycles. The number of nitrogens with two attached hydrogens (primary N) is 1. The van der Waals surface area contributed by atoms with Crippen LogP contribution in [-0.2, 0) is 16.1 Å². The fourth-order valence-corrected chi connectivity index (χ4v) is 1.21. The van der Waals surface area contributed by atoms with Crippen LogP contribution in [0.3, 0.4) is 0 Å². The average Bonchev–Trinajstić information content (AvgIpc) is 2.29. The molecular formula is C11H15FN2O3. The highest BCUT2D eigenvalue weighted by Crippen LogP contribution is 2.19. The summed E-state index contributed by atoms with van der Waals surface area (Å²) >= 11 is 0. The molecule has 0 radical (unpaired) electrons. The molecule has 1 aromatic carbocycles. The topological polar surface area (TPSA) is 64.8 Å². The van der Waals surface area contributed by atoms with Crippen LogP contribution in [0.5, 0.6) is 5.75 Å². The van der Waals surface area contributed by atoms with Crippen molar-refractivity contribution in [3.63, 3.8) is 0 Å². The molecule has 2 N–H and O–H groups in total. The number of carbonyl (C=O) groups excluding carboxylic acids is 1. The van der Waals surface area contributed by atoms with Gasteiger partial charge in [0.1, 0.15) is 18.2 Å². The van der Waals surface area contributed by atoms with Crippen LogP contribution >= 0.6 is 0 Å². The van der Waals surface area contributed by atoms with Gasteiger partial charge in [0.05, 0.1) is 13.7 Å². The third kappa shape index (κ3) is 4.01. The summed E-state index contributed by atoms with van der Waals surface area (Å²) in [6, 6.07) is 4.10. The Balaban J connectivity index is 2.56. The van der Waals surface area contributed by atoms with E-state index in [9.17, 15) is 9.18 Å². The van der Waals surface area contributed by atoms with Crippen LogP contribution in [0.1, 0.15) is 5.56 Å². The second kappa shape index (κ2) is 6.17. The predicted octanol–water partition coefficient (Wildman–Crippen LogP) is 0.683. The van der Waals surface area contributed by atoms with E-state index in [0.29, 0.717) is 11.3 Å². The summed E-state index contributed by atoms with van der Waals surface area (Å²) in [7, 11) is 2.91. The zero-order valence-corrected chi connectivity index (χ0v) is 9.77. The quantitative estimate of drug-likeness (QED) is 0.468. The maximum Gasteiger partial charge on any atom is 0.262 e. The van der Waals surface area contributed by atoms with Gasteiger partial charge in [0.2, 0.25) is 0 Å². The van der Waals surface area contributed by atoms with Gasteiger partial charge in [-0.2, -0.15) is 0 Å². The van der Waals surface area contributed by atoms with Gasteiger partial charge < -0.3 is 9.47 Å². The molecule has 5 nitrogen and oxygen atoms in total. The molecule has 0 atom stereocenters. The van der Waals surface area contributed by atoms with Crippen LogP contribution in [0.2, 0.25) is 0 Å². The van der Waals surface area contributed by atoms with Gasteiger partial charge in [-0.3, -0.25) is 9.80 Å². The number of carbonyl (C=O) groups is 1. The van der Waals surface area contributed by atoms with E-state index in [0.717, 1.165) is 5.01 Å². The number of hydrogen-bond acceptors (Lipinski definition) is 4. The molecule has 1 aromatic rings. The fraction of sp³-hybridized carbons (Fsp3) is 0.364. The zero-order chi connectivity index (χ0) is 12.8. The number of benzene rings is 1. The lowest BCUT2D eigenvalue weighted by Crippen LogP contribution is -2.35. The molecule has 94 valence electrons. The third-order valence-corrected chi connectivity index (χ3v) is 2.12. The Hall–Kier alpha value is -1.66. The van der Waals surface area contributed by atoms with Gasteiger partial charge in [0.15, 0.2) is 0 Å². The number of nitrogens with zero attached hydrogens (tertiary/aromatic N) is 1. The molecule has 0 spiro atoms. The number of amides is 1. The van der Waals surface area contributed by atoms with E-state index in [-0.39, 0.29) is 24.9 Å². The van der Waals surface area contributed by atoms with Crippen LogP contribution in [0.4, 0.5) is 4.39 Å². The van der Waals surface area contributed by atoms with Gasteiger partial charge >= 0.3 is 0 Å². The maximum absolute atomic E-state index is 13.0. The largest absolute Gasteiger partial charge is 0.496 e. The van der Waals surface area contributed by atoms with E-state index in [1.165, 1.54) is 32.4 Å². The second-order valence-corrected chi connectivity index (χ2v) is 3.45. The molecule has 0 saturated heterocycles. The summed E-state index contributed by atoms with van der Waals surface area (Å²) in [5, 5.41) is 0.933.